The molecule has 1 fully saturated rings. The summed E-state index contributed by atoms with van der Waals surface area (Å²) in [4.78, 5) is 24.7. The number of para-hydroxylation sites is 1. The molecule has 1 aliphatic rings. The largest absolute Gasteiger partial charge is 0.321 e. The smallest absolute Gasteiger partial charge is 0.276 e. The van der Waals surface area contributed by atoms with Crippen LogP contribution in [0.4, 0.5) is 15.9 Å². The van der Waals surface area contributed by atoms with Crippen molar-refractivity contribution in [1.29, 1.82) is 0 Å². The van der Waals surface area contributed by atoms with E-state index in [1.807, 2.05) is 30.3 Å². The van der Waals surface area contributed by atoms with Crippen molar-refractivity contribution >= 4 is 23.3 Å². The van der Waals surface area contributed by atoms with Gasteiger partial charge >= 0.3 is 0 Å². The Hall–Kier alpha value is -3.48. The number of nitrogens with one attached hydrogen (secondary N) is 2. The van der Waals surface area contributed by atoms with Crippen LogP contribution in [-0.2, 0) is 4.79 Å². The number of benzene rings is 2. The van der Waals surface area contributed by atoms with E-state index in [2.05, 4.69) is 15.7 Å². The highest BCUT2D eigenvalue weighted by molar-refractivity contribution is 6.04. The molecule has 0 spiro atoms. The van der Waals surface area contributed by atoms with E-state index in [0.29, 0.717) is 11.5 Å². The number of rotatable bonds is 5. The number of hydrogen-bond donors (Lipinski definition) is 2. The van der Waals surface area contributed by atoms with Crippen molar-refractivity contribution < 1.29 is 14.0 Å². The maximum Gasteiger partial charge on any atom is 0.276 e. The molecule has 7 heteroatoms. The van der Waals surface area contributed by atoms with Crippen molar-refractivity contribution in [3.05, 3.63) is 72.2 Å². The van der Waals surface area contributed by atoms with Gasteiger partial charge in [-0.1, -0.05) is 18.2 Å². The molecule has 0 unspecified atom stereocenters. The van der Waals surface area contributed by atoms with Gasteiger partial charge in [-0.2, -0.15) is 5.10 Å². The molecule has 2 N–H and O–H groups in total. The van der Waals surface area contributed by atoms with Crippen LogP contribution >= 0.6 is 0 Å². The first kappa shape index (κ1) is 17.0. The fourth-order valence-corrected chi connectivity index (χ4v) is 2.65. The maximum atomic E-state index is 13.0. The highest BCUT2D eigenvalue weighted by atomic mass is 19.1. The summed E-state index contributed by atoms with van der Waals surface area (Å²) in [7, 11) is 0. The summed E-state index contributed by atoms with van der Waals surface area (Å²) < 4.78 is 14.5. The average molecular weight is 364 g/mol. The van der Waals surface area contributed by atoms with Crippen molar-refractivity contribution in [1.82, 2.24) is 9.78 Å². The molecule has 2 aromatic carbocycles. The lowest BCUT2D eigenvalue weighted by Crippen LogP contribution is -2.16. The average Bonchev–Trinajstić information content (AvgIpc) is 3.45. The molecule has 1 saturated carbocycles. The van der Waals surface area contributed by atoms with Crippen LogP contribution < -0.4 is 10.6 Å². The minimum atomic E-state index is -0.446. The van der Waals surface area contributed by atoms with Gasteiger partial charge in [-0.15, -0.1) is 0 Å². The van der Waals surface area contributed by atoms with E-state index in [9.17, 15) is 14.0 Å². The van der Waals surface area contributed by atoms with Crippen LogP contribution in [0, 0.1) is 11.7 Å². The van der Waals surface area contributed by atoms with Crippen LogP contribution in [0.25, 0.3) is 5.69 Å². The fraction of sp³-hybridized carbons (Fsp3) is 0.150. The predicted molar refractivity (Wildman–Crippen MR) is 99.3 cm³/mol. The summed E-state index contributed by atoms with van der Waals surface area (Å²) >= 11 is 0. The van der Waals surface area contributed by atoms with Gasteiger partial charge in [0.25, 0.3) is 5.91 Å². The molecule has 0 saturated heterocycles. The summed E-state index contributed by atoms with van der Waals surface area (Å²) in [6.45, 7) is 0. The topological polar surface area (TPSA) is 76.0 Å². The summed E-state index contributed by atoms with van der Waals surface area (Å²) in [6, 6.07) is 16.2. The zero-order chi connectivity index (χ0) is 18.8. The third-order valence-corrected chi connectivity index (χ3v) is 4.24. The van der Waals surface area contributed by atoms with E-state index < -0.39 is 5.91 Å². The van der Waals surface area contributed by atoms with Crippen molar-refractivity contribution in [2.75, 3.05) is 10.6 Å². The van der Waals surface area contributed by atoms with Crippen molar-refractivity contribution in [3.63, 3.8) is 0 Å². The van der Waals surface area contributed by atoms with Gasteiger partial charge in [-0.25, -0.2) is 9.07 Å². The quantitative estimate of drug-likeness (QED) is 0.726. The second-order valence-corrected chi connectivity index (χ2v) is 6.39. The summed E-state index contributed by atoms with van der Waals surface area (Å²) in [6.07, 6.45) is 1.76. The monoisotopic (exact) mass is 364 g/mol. The molecule has 0 aliphatic heterocycles. The van der Waals surface area contributed by atoms with Crippen molar-refractivity contribution in [2.45, 2.75) is 12.8 Å². The molecule has 2 amide bonds. The number of carbonyl (C=O) groups is 2. The lowest BCUT2D eigenvalue weighted by Gasteiger charge is -2.08. The Labute approximate surface area is 155 Å². The van der Waals surface area contributed by atoms with E-state index in [4.69, 9.17) is 0 Å². The Kier molecular flexibility index (Phi) is 4.42. The zero-order valence-corrected chi connectivity index (χ0v) is 14.4. The molecule has 0 bridgehead atoms. The molecule has 1 heterocycles. The maximum absolute atomic E-state index is 13.0. The Morgan fingerprint density at radius 1 is 1.00 bits per heavy atom. The van der Waals surface area contributed by atoms with E-state index in [1.54, 1.807) is 0 Å². The lowest BCUT2D eigenvalue weighted by molar-refractivity contribution is -0.117. The predicted octanol–water partition coefficient (Wildman–Crippen LogP) is 3.61. The first-order valence-corrected chi connectivity index (χ1v) is 8.63. The minimum absolute atomic E-state index is 0.0283. The van der Waals surface area contributed by atoms with Crippen LogP contribution in [0.15, 0.2) is 60.7 Å². The van der Waals surface area contributed by atoms with Crippen molar-refractivity contribution in [3.8, 4) is 5.69 Å². The summed E-state index contributed by atoms with van der Waals surface area (Å²) in [5.41, 5.74) is 1.33. The van der Waals surface area contributed by atoms with E-state index in [-0.39, 0.29) is 23.3 Å². The van der Waals surface area contributed by atoms with Crippen LogP contribution in [0.1, 0.15) is 23.3 Å². The van der Waals surface area contributed by atoms with Gasteiger partial charge in [-0.05, 0) is 49.2 Å². The van der Waals surface area contributed by atoms with Gasteiger partial charge in [0.15, 0.2) is 5.69 Å². The van der Waals surface area contributed by atoms with Crippen LogP contribution in [0.5, 0.6) is 0 Å². The Morgan fingerprint density at radius 2 is 1.70 bits per heavy atom. The SMILES string of the molecule is O=C(Nc1ccc(F)cc1)c1cc(NC(=O)C2CC2)n(-c2ccccc2)n1. The fourth-order valence-electron chi connectivity index (χ4n) is 2.65. The third kappa shape index (κ3) is 3.87. The van der Waals surface area contributed by atoms with Gasteiger partial charge in [0.1, 0.15) is 11.6 Å². The van der Waals surface area contributed by atoms with E-state index >= 15 is 0 Å². The number of carbonyl (C=O) groups excluding carboxylic acids is 2. The standard InChI is InChI=1S/C20H17FN4O2/c21-14-8-10-15(11-9-14)22-20(27)17-12-18(23-19(26)13-6-7-13)25(24-17)16-4-2-1-3-5-16/h1-5,8-13H,6-7H2,(H,22,27)(H,23,26). The molecule has 136 valence electrons. The second-order valence-electron chi connectivity index (χ2n) is 6.39. The Morgan fingerprint density at radius 3 is 2.37 bits per heavy atom. The molecule has 6 nitrogen and oxygen atoms in total. The summed E-state index contributed by atoms with van der Waals surface area (Å²) in [5, 5.41) is 9.86. The molecular weight excluding hydrogens is 347 g/mol. The van der Waals surface area contributed by atoms with Gasteiger partial charge < -0.3 is 10.6 Å². The highest BCUT2D eigenvalue weighted by Crippen LogP contribution is 2.30. The number of aromatic nitrogens is 2. The summed E-state index contributed by atoms with van der Waals surface area (Å²) in [5.74, 6) is -0.440. The van der Waals surface area contributed by atoms with Crippen LogP contribution in [-0.4, -0.2) is 21.6 Å². The first-order valence-electron chi connectivity index (χ1n) is 8.63. The Balaban J connectivity index is 1.62. The zero-order valence-electron chi connectivity index (χ0n) is 14.4. The first-order chi connectivity index (χ1) is 13.1. The minimum Gasteiger partial charge on any atom is -0.321 e. The van der Waals surface area contributed by atoms with Crippen molar-refractivity contribution in [2.24, 2.45) is 5.92 Å². The molecule has 27 heavy (non-hydrogen) atoms. The number of hydrogen-bond acceptors (Lipinski definition) is 3. The molecule has 1 aromatic heterocycles. The highest BCUT2D eigenvalue weighted by Gasteiger charge is 2.30. The van der Waals surface area contributed by atoms with Crippen LogP contribution in [0.3, 0.4) is 0 Å². The van der Waals surface area contributed by atoms with Gasteiger partial charge in [0.05, 0.1) is 5.69 Å². The molecule has 4 rings (SSSR count). The normalized spacial score (nSPS) is 13.2. The number of amides is 2. The number of nitrogens with zero attached hydrogens (tertiary/aromatic N) is 2. The lowest BCUT2D eigenvalue weighted by atomic mass is 10.3. The van der Waals surface area contributed by atoms with Gasteiger partial charge in [0, 0.05) is 17.7 Å². The molecular formula is C20H17FN4O2. The van der Waals surface area contributed by atoms with Crippen LogP contribution in [0.2, 0.25) is 0 Å². The molecule has 0 radical (unpaired) electrons. The third-order valence-electron chi connectivity index (χ3n) is 4.24. The van der Waals surface area contributed by atoms with Gasteiger partial charge in [-0.3, -0.25) is 9.59 Å². The van der Waals surface area contributed by atoms with E-state index in [0.717, 1.165) is 18.5 Å². The second kappa shape index (κ2) is 7.03. The Bertz CT molecular complexity index is 979. The number of halogens is 1. The number of anilines is 2. The molecule has 0 atom stereocenters. The molecule has 1 aliphatic carbocycles. The van der Waals surface area contributed by atoms with E-state index in [1.165, 1.54) is 35.0 Å². The van der Waals surface area contributed by atoms with Gasteiger partial charge in [0.2, 0.25) is 5.91 Å². The molecule has 3 aromatic rings.